The maximum atomic E-state index is 13.8. The Kier molecular flexibility index (Phi) is 7.07. The number of carbonyl (C=O) groups is 2. The van der Waals surface area contributed by atoms with Crippen LogP contribution in [0.1, 0.15) is 32.1 Å². The van der Waals surface area contributed by atoms with Crippen molar-refractivity contribution in [2.45, 2.75) is 13.1 Å². The molecule has 2 amide bonds. The first-order chi connectivity index (χ1) is 21.4. The summed E-state index contributed by atoms with van der Waals surface area (Å²) in [6.07, 6.45) is -4.73. The molecule has 12 nitrogen and oxygen atoms in total. The number of para-hydroxylation sites is 1. The first-order valence-corrected chi connectivity index (χ1v) is 13.5. The lowest BCUT2D eigenvalue weighted by molar-refractivity contribution is -0.141. The number of hydrogen-bond donors (Lipinski definition) is 4. The lowest BCUT2D eigenvalue weighted by Crippen LogP contribution is -2.17. The van der Waals surface area contributed by atoms with E-state index in [4.69, 9.17) is 5.73 Å². The molecule has 0 aliphatic carbocycles. The Balaban J connectivity index is 1.22. The highest BCUT2D eigenvalue weighted by Crippen LogP contribution is 2.34. The first-order valence-electron chi connectivity index (χ1n) is 13.5. The van der Waals surface area contributed by atoms with Gasteiger partial charge in [0.2, 0.25) is 11.9 Å². The van der Waals surface area contributed by atoms with Gasteiger partial charge in [0.25, 0.3) is 11.8 Å². The van der Waals surface area contributed by atoms with Crippen LogP contribution in [-0.4, -0.2) is 48.6 Å². The normalized spacial score (nSPS) is 11.6. The van der Waals surface area contributed by atoms with Gasteiger partial charge in [-0.25, -0.2) is 9.97 Å². The Morgan fingerprint density at radius 1 is 1.00 bits per heavy atom. The predicted octanol–water partition coefficient (Wildman–Crippen LogP) is 5.43. The van der Waals surface area contributed by atoms with Crippen LogP contribution >= 0.6 is 0 Å². The summed E-state index contributed by atoms with van der Waals surface area (Å²) in [4.78, 5) is 41.2. The van der Waals surface area contributed by atoms with E-state index in [0.29, 0.717) is 27.9 Å². The van der Waals surface area contributed by atoms with E-state index < -0.39 is 23.7 Å². The number of imidazole rings is 1. The van der Waals surface area contributed by atoms with E-state index in [1.54, 1.807) is 36.0 Å². The molecule has 3 aromatic heterocycles. The zero-order valence-electron chi connectivity index (χ0n) is 24.1. The molecule has 0 spiro atoms. The van der Waals surface area contributed by atoms with Gasteiger partial charge in [0.1, 0.15) is 11.3 Å². The number of carbonyl (C=O) groups excluding carboxylic acids is 2. The molecule has 15 heteroatoms. The zero-order valence-corrected chi connectivity index (χ0v) is 24.1. The van der Waals surface area contributed by atoms with Gasteiger partial charge < -0.3 is 20.9 Å². The molecule has 0 radical (unpaired) electrons. The third kappa shape index (κ3) is 5.70. The highest BCUT2D eigenvalue weighted by atomic mass is 19.4. The monoisotopic (exact) mass is 614 g/mol. The lowest BCUT2D eigenvalue weighted by Gasteiger charge is -2.20. The standard InChI is InChI=1S/C30H25F3N10O2/c1-15-19-12-11-18(13-22(19)41-43(15)3)42(2)24-14-23(30(31,32)33)37-28(38-24)35-17-9-7-16(8-10-17)27(45)40-29-36-21-6-4-5-20(26(34)44)25(21)39-29/h4-14H,1-3H3,(H2,34,44)(H,35,37,38)(H2,36,39,40,45). The molecule has 0 aliphatic heterocycles. The number of aryl methyl sites for hydroxylation is 2. The van der Waals surface area contributed by atoms with Gasteiger partial charge in [0.15, 0.2) is 5.69 Å². The van der Waals surface area contributed by atoms with Gasteiger partial charge in [-0.1, -0.05) is 6.07 Å². The van der Waals surface area contributed by atoms with E-state index in [2.05, 4.69) is 35.7 Å². The van der Waals surface area contributed by atoms with Crippen molar-refractivity contribution in [3.63, 3.8) is 0 Å². The summed E-state index contributed by atoms with van der Waals surface area (Å²) >= 11 is 0. The Morgan fingerprint density at radius 3 is 2.47 bits per heavy atom. The minimum absolute atomic E-state index is 0.00755. The number of anilines is 5. The van der Waals surface area contributed by atoms with Crippen molar-refractivity contribution in [3.8, 4) is 0 Å². The van der Waals surface area contributed by atoms with Crippen molar-refractivity contribution in [1.82, 2.24) is 29.7 Å². The molecule has 0 aliphatic rings. The van der Waals surface area contributed by atoms with E-state index in [1.807, 2.05) is 20.0 Å². The largest absolute Gasteiger partial charge is 0.433 e. The fraction of sp³-hybridized carbons (Fsp3) is 0.133. The van der Waals surface area contributed by atoms with E-state index in [1.165, 1.54) is 35.2 Å². The minimum atomic E-state index is -4.73. The predicted molar refractivity (Wildman–Crippen MR) is 163 cm³/mol. The van der Waals surface area contributed by atoms with Crippen LogP contribution in [0.25, 0.3) is 21.9 Å². The molecule has 45 heavy (non-hydrogen) atoms. The van der Waals surface area contributed by atoms with E-state index in [-0.39, 0.29) is 28.8 Å². The quantitative estimate of drug-likeness (QED) is 0.185. The molecular formula is C30H25F3N10O2. The van der Waals surface area contributed by atoms with Crippen molar-refractivity contribution in [2.24, 2.45) is 12.8 Å². The summed E-state index contributed by atoms with van der Waals surface area (Å²) in [6.45, 7) is 1.93. The molecule has 0 saturated carbocycles. The van der Waals surface area contributed by atoms with Crippen LogP contribution in [-0.2, 0) is 13.2 Å². The Bertz CT molecular complexity index is 2100. The highest BCUT2D eigenvalue weighted by Gasteiger charge is 2.34. The van der Waals surface area contributed by atoms with Crippen LogP contribution in [0, 0.1) is 6.92 Å². The molecule has 6 rings (SSSR count). The number of amides is 2. The average Bonchev–Trinajstić information content (AvgIpc) is 3.54. The van der Waals surface area contributed by atoms with Crippen LogP contribution in [0.5, 0.6) is 0 Å². The van der Waals surface area contributed by atoms with Gasteiger partial charge in [-0.2, -0.15) is 23.3 Å². The summed E-state index contributed by atoms with van der Waals surface area (Å²) < 4.78 is 43.2. The summed E-state index contributed by atoms with van der Waals surface area (Å²) in [5.41, 5.74) is 8.14. The number of aromatic nitrogens is 6. The zero-order chi connectivity index (χ0) is 32.0. The van der Waals surface area contributed by atoms with E-state index in [0.717, 1.165) is 17.1 Å². The van der Waals surface area contributed by atoms with Crippen molar-refractivity contribution in [1.29, 1.82) is 0 Å². The van der Waals surface area contributed by atoms with Gasteiger partial charge in [0, 0.05) is 48.2 Å². The highest BCUT2D eigenvalue weighted by molar-refractivity contribution is 6.07. The fourth-order valence-corrected chi connectivity index (χ4v) is 4.77. The molecule has 0 fully saturated rings. The van der Waals surface area contributed by atoms with E-state index in [9.17, 15) is 22.8 Å². The fourth-order valence-electron chi connectivity index (χ4n) is 4.77. The molecule has 0 bridgehead atoms. The lowest BCUT2D eigenvalue weighted by atomic mass is 10.2. The SMILES string of the molecule is Cc1c2ccc(N(C)c3cc(C(F)(F)F)nc(Nc4ccc(C(=O)Nc5nc6c(C(N)=O)cccc6[nH]5)cc4)n3)cc2nn1C. The molecule has 0 atom stereocenters. The third-order valence-corrected chi connectivity index (χ3v) is 7.26. The second-order valence-corrected chi connectivity index (χ2v) is 10.2. The Hall–Kier alpha value is -5.99. The second kappa shape index (κ2) is 10.9. The van der Waals surface area contributed by atoms with Crippen LogP contribution in [0.3, 0.4) is 0 Å². The van der Waals surface area contributed by atoms with Gasteiger partial charge in [-0.15, -0.1) is 0 Å². The number of nitrogens with zero attached hydrogens (tertiary/aromatic N) is 6. The number of H-pyrrole nitrogens is 1. The van der Waals surface area contributed by atoms with Gasteiger partial charge in [-0.3, -0.25) is 19.6 Å². The van der Waals surface area contributed by atoms with Crippen molar-refractivity contribution in [2.75, 3.05) is 22.6 Å². The van der Waals surface area contributed by atoms with Crippen molar-refractivity contribution < 1.29 is 22.8 Å². The van der Waals surface area contributed by atoms with Gasteiger partial charge >= 0.3 is 6.18 Å². The molecule has 0 unspecified atom stereocenters. The van der Waals surface area contributed by atoms with Gasteiger partial charge in [0.05, 0.1) is 16.6 Å². The molecule has 0 saturated heterocycles. The molecule has 6 aromatic rings. The van der Waals surface area contributed by atoms with Crippen LogP contribution in [0.2, 0.25) is 0 Å². The summed E-state index contributed by atoms with van der Waals surface area (Å²) in [7, 11) is 3.42. The van der Waals surface area contributed by atoms with Gasteiger partial charge in [-0.05, 0) is 61.5 Å². The number of nitrogens with two attached hydrogens (primary N) is 1. The number of rotatable bonds is 7. The van der Waals surface area contributed by atoms with Crippen molar-refractivity contribution >= 4 is 62.8 Å². The van der Waals surface area contributed by atoms with Crippen LogP contribution in [0.15, 0.2) is 66.7 Å². The number of nitrogens with one attached hydrogen (secondary N) is 3. The smallest absolute Gasteiger partial charge is 0.366 e. The van der Waals surface area contributed by atoms with E-state index >= 15 is 0 Å². The molecule has 3 aromatic carbocycles. The maximum Gasteiger partial charge on any atom is 0.433 e. The first kappa shape index (κ1) is 29.1. The van der Waals surface area contributed by atoms with Crippen molar-refractivity contribution in [3.05, 3.63) is 89.2 Å². The Morgan fingerprint density at radius 2 is 1.76 bits per heavy atom. The summed E-state index contributed by atoms with van der Waals surface area (Å²) in [6, 6.07) is 17.1. The maximum absolute atomic E-state index is 13.8. The number of primary amides is 1. The number of halogens is 3. The summed E-state index contributed by atoms with van der Waals surface area (Å²) in [5, 5.41) is 10.8. The molecule has 3 heterocycles. The molecule has 228 valence electrons. The number of hydrogen-bond acceptors (Lipinski definition) is 8. The second-order valence-electron chi connectivity index (χ2n) is 10.2. The number of aromatic amines is 1. The van der Waals surface area contributed by atoms with Crippen LogP contribution in [0.4, 0.5) is 42.3 Å². The molecular weight excluding hydrogens is 589 g/mol. The number of alkyl halides is 3. The van der Waals surface area contributed by atoms with Crippen LogP contribution < -0.4 is 21.3 Å². The number of benzene rings is 3. The third-order valence-electron chi connectivity index (χ3n) is 7.26. The summed E-state index contributed by atoms with van der Waals surface area (Å²) in [5.74, 6) is -1.34. The Labute approximate surface area is 253 Å². The number of fused-ring (bicyclic) bond motifs is 2. The minimum Gasteiger partial charge on any atom is -0.366 e. The molecule has 5 N–H and O–H groups in total. The average molecular weight is 615 g/mol. The topological polar surface area (TPSA) is 160 Å².